The molecule has 7 heteroatoms. The van der Waals surface area contributed by atoms with Crippen LogP contribution >= 0.6 is 18.2 Å². The van der Waals surface area contributed by atoms with Crippen molar-refractivity contribution in [3.05, 3.63) is 29.8 Å². The van der Waals surface area contributed by atoms with E-state index in [9.17, 15) is 9.36 Å². The first-order chi connectivity index (χ1) is 9.40. The van der Waals surface area contributed by atoms with Gasteiger partial charge < -0.3 is 9.26 Å². The Morgan fingerprint density at radius 1 is 1.25 bits per heavy atom. The van der Waals surface area contributed by atoms with Crippen molar-refractivity contribution in [2.45, 2.75) is 13.8 Å². The van der Waals surface area contributed by atoms with E-state index in [1.54, 1.807) is 24.3 Å². The molecular weight excluding hydrogens is 299 g/mol. The fourth-order valence-electron chi connectivity index (χ4n) is 1.26. The second-order valence-corrected chi connectivity index (χ2v) is 8.58. The topological polar surface area (TPSA) is 61.8 Å². The summed E-state index contributed by atoms with van der Waals surface area (Å²) in [5.74, 6) is 1.01. The van der Waals surface area contributed by atoms with Gasteiger partial charge >= 0.3 is 12.8 Å². The molecule has 5 nitrogen and oxygen atoms in total. The first-order valence-electron chi connectivity index (χ1n) is 6.08. The summed E-state index contributed by atoms with van der Waals surface area (Å²) in [4.78, 5) is 11.3. The minimum absolute atomic E-state index is 0.383. The molecule has 0 saturated heterocycles. The standard InChI is InChI=1S/C13H19O5PS/c1-10(2)9-20-19(15,17-4)18-12-7-5-11(6-8-12)13(14)16-3/h5-8,10H,9H2,1-4H3. The van der Waals surface area contributed by atoms with Crippen molar-refractivity contribution in [3.63, 3.8) is 0 Å². The van der Waals surface area contributed by atoms with Crippen LogP contribution in [0, 0.1) is 5.92 Å². The van der Waals surface area contributed by atoms with E-state index in [1.165, 1.54) is 14.2 Å². The fraction of sp³-hybridized carbons (Fsp3) is 0.462. The van der Waals surface area contributed by atoms with Crippen LogP contribution in [0.3, 0.4) is 0 Å². The van der Waals surface area contributed by atoms with Crippen molar-refractivity contribution >= 4 is 24.1 Å². The number of rotatable bonds is 7. The van der Waals surface area contributed by atoms with E-state index in [0.717, 1.165) is 11.4 Å². The second kappa shape index (κ2) is 7.72. The highest BCUT2D eigenvalue weighted by molar-refractivity contribution is 8.55. The molecule has 0 amide bonds. The lowest BCUT2D eigenvalue weighted by Gasteiger charge is -2.17. The maximum atomic E-state index is 12.4. The van der Waals surface area contributed by atoms with E-state index < -0.39 is 12.8 Å². The zero-order valence-electron chi connectivity index (χ0n) is 12.0. The number of methoxy groups -OCH3 is 1. The van der Waals surface area contributed by atoms with Gasteiger partial charge in [0.25, 0.3) is 0 Å². The van der Waals surface area contributed by atoms with Gasteiger partial charge in [0.15, 0.2) is 0 Å². The van der Waals surface area contributed by atoms with Crippen molar-refractivity contribution in [1.29, 1.82) is 0 Å². The van der Waals surface area contributed by atoms with Crippen LogP contribution in [0.25, 0.3) is 0 Å². The van der Waals surface area contributed by atoms with E-state index in [4.69, 9.17) is 9.05 Å². The van der Waals surface area contributed by atoms with E-state index in [0.29, 0.717) is 23.0 Å². The average molecular weight is 318 g/mol. The molecule has 112 valence electrons. The molecule has 0 aromatic heterocycles. The van der Waals surface area contributed by atoms with E-state index in [1.807, 2.05) is 13.8 Å². The largest absolute Gasteiger partial charge is 0.465 e. The van der Waals surface area contributed by atoms with Crippen molar-refractivity contribution in [2.24, 2.45) is 5.92 Å². The van der Waals surface area contributed by atoms with Crippen LogP contribution in [0.1, 0.15) is 24.2 Å². The molecular formula is C13H19O5PS. The molecule has 0 aliphatic heterocycles. The SMILES string of the molecule is COC(=O)c1ccc(OP(=O)(OC)SCC(C)C)cc1. The highest BCUT2D eigenvalue weighted by atomic mass is 32.7. The molecule has 0 fully saturated rings. The first kappa shape index (κ1) is 17.1. The van der Waals surface area contributed by atoms with Crippen LogP contribution in [0.15, 0.2) is 24.3 Å². The lowest BCUT2D eigenvalue weighted by molar-refractivity contribution is 0.0600. The summed E-state index contributed by atoms with van der Waals surface area (Å²) in [6.45, 7) is 0.831. The summed E-state index contributed by atoms with van der Waals surface area (Å²) in [6, 6.07) is 6.23. The van der Waals surface area contributed by atoms with Crippen molar-refractivity contribution in [3.8, 4) is 5.75 Å². The molecule has 0 radical (unpaired) electrons. The first-order valence-corrected chi connectivity index (χ1v) is 9.22. The summed E-state index contributed by atoms with van der Waals surface area (Å²) >= 11 is 1.16. The maximum Gasteiger partial charge on any atom is 0.439 e. The molecule has 0 bridgehead atoms. The van der Waals surface area contributed by atoms with Gasteiger partial charge in [-0.25, -0.2) is 9.36 Å². The Morgan fingerprint density at radius 3 is 2.30 bits per heavy atom. The molecule has 0 N–H and O–H groups in total. The number of carbonyl (C=O) groups excluding carboxylic acids is 1. The molecule has 20 heavy (non-hydrogen) atoms. The molecule has 1 rings (SSSR count). The number of benzene rings is 1. The lowest BCUT2D eigenvalue weighted by atomic mass is 10.2. The van der Waals surface area contributed by atoms with E-state index in [2.05, 4.69) is 4.74 Å². The number of esters is 1. The molecule has 0 spiro atoms. The van der Waals surface area contributed by atoms with Gasteiger partial charge in [-0.3, -0.25) is 4.52 Å². The summed E-state index contributed by atoms with van der Waals surface area (Å²) in [5, 5.41) is 0. The third kappa shape index (κ3) is 5.19. The second-order valence-electron chi connectivity index (χ2n) is 4.43. The molecule has 1 unspecified atom stereocenters. The molecule has 1 aromatic rings. The molecule has 1 atom stereocenters. The Kier molecular flexibility index (Phi) is 6.59. The molecule has 0 aliphatic rings. The number of hydrogen-bond donors (Lipinski definition) is 0. The number of hydrogen-bond acceptors (Lipinski definition) is 6. The van der Waals surface area contributed by atoms with Crippen LogP contribution in [-0.2, 0) is 13.8 Å². The maximum absolute atomic E-state index is 12.4. The van der Waals surface area contributed by atoms with Crippen molar-refractivity contribution in [1.82, 2.24) is 0 Å². The minimum atomic E-state index is -3.22. The molecule has 1 aromatic carbocycles. The highest BCUT2D eigenvalue weighted by Gasteiger charge is 2.26. The van der Waals surface area contributed by atoms with Gasteiger partial charge in [0.05, 0.1) is 12.7 Å². The van der Waals surface area contributed by atoms with E-state index in [-0.39, 0.29) is 0 Å². The summed E-state index contributed by atoms with van der Waals surface area (Å²) in [7, 11) is 2.67. The molecule has 0 aliphatic carbocycles. The Labute approximate surface area is 123 Å². The quantitative estimate of drug-likeness (QED) is 0.559. The Morgan fingerprint density at radius 2 is 1.85 bits per heavy atom. The lowest BCUT2D eigenvalue weighted by Crippen LogP contribution is -2.01. The molecule has 0 heterocycles. The van der Waals surface area contributed by atoms with Gasteiger partial charge in [-0.2, -0.15) is 0 Å². The third-order valence-electron chi connectivity index (χ3n) is 2.28. The van der Waals surface area contributed by atoms with Gasteiger partial charge in [0, 0.05) is 12.9 Å². The van der Waals surface area contributed by atoms with Gasteiger partial charge in [0.1, 0.15) is 5.75 Å². The Hall–Kier alpha value is -0.970. The highest BCUT2D eigenvalue weighted by Crippen LogP contribution is 2.59. The van der Waals surface area contributed by atoms with Crippen molar-refractivity contribution in [2.75, 3.05) is 20.0 Å². The third-order valence-corrected chi connectivity index (χ3v) is 6.36. The summed E-state index contributed by atoms with van der Waals surface area (Å²) < 4.78 is 27.4. The molecule has 0 saturated carbocycles. The number of carbonyl (C=O) groups is 1. The Balaban J connectivity index is 2.75. The van der Waals surface area contributed by atoms with Gasteiger partial charge in [-0.1, -0.05) is 13.8 Å². The zero-order valence-corrected chi connectivity index (χ0v) is 13.7. The van der Waals surface area contributed by atoms with Crippen LogP contribution in [0.2, 0.25) is 0 Å². The van der Waals surface area contributed by atoms with E-state index >= 15 is 0 Å². The monoisotopic (exact) mass is 318 g/mol. The summed E-state index contributed by atoms with van der Waals surface area (Å²) in [6.07, 6.45) is 0. The van der Waals surface area contributed by atoms with Crippen LogP contribution in [-0.4, -0.2) is 25.9 Å². The number of ether oxygens (including phenoxy) is 1. The summed E-state index contributed by atoms with van der Waals surface area (Å²) in [5.41, 5.74) is 0.405. The zero-order chi connectivity index (χ0) is 15.2. The fourth-order valence-corrected chi connectivity index (χ4v) is 4.52. The minimum Gasteiger partial charge on any atom is -0.465 e. The van der Waals surface area contributed by atoms with Crippen LogP contribution in [0.4, 0.5) is 0 Å². The van der Waals surface area contributed by atoms with Crippen molar-refractivity contribution < 1.29 is 23.1 Å². The van der Waals surface area contributed by atoms with Gasteiger partial charge in [-0.05, 0) is 41.6 Å². The van der Waals surface area contributed by atoms with Crippen LogP contribution in [0.5, 0.6) is 5.75 Å². The predicted molar refractivity (Wildman–Crippen MR) is 80.3 cm³/mol. The van der Waals surface area contributed by atoms with Gasteiger partial charge in [0.2, 0.25) is 0 Å². The predicted octanol–water partition coefficient (Wildman–Crippen LogP) is 4.00. The van der Waals surface area contributed by atoms with Crippen LogP contribution < -0.4 is 4.52 Å². The van der Waals surface area contributed by atoms with Gasteiger partial charge in [-0.15, -0.1) is 0 Å². The Bertz CT molecular complexity index is 486. The smallest absolute Gasteiger partial charge is 0.439 e. The average Bonchev–Trinajstić information content (AvgIpc) is 2.45. The normalized spacial score (nSPS) is 13.8.